The third-order valence-corrected chi connectivity index (χ3v) is 8.36. The molecule has 2 atom stereocenters. The van der Waals surface area contributed by atoms with Crippen molar-refractivity contribution in [3.63, 3.8) is 0 Å². The number of hydrogen-bond donors (Lipinski definition) is 0. The van der Waals surface area contributed by atoms with Gasteiger partial charge in [0.1, 0.15) is 0 Å². The molecule has 0 N–H and O–H groups in total. The Labute approximate surface area is 239 Å². The Bertz CT molecular complexity index is 1620. The molecular weight excluding hydrogens is 484 g/mol. The summed E-state index contributed by atoms with van der Waals surface area (Å²) in [6, 6.07) is 31.0. The average Bonchev–Trinajstić information content (AvgIpc) is 2.95. The zero-order valence-electron chi connectivity index (χ0n) is 24.0. The average molecular weight is 524 g/mol. The molecular formula is C38H39N2+. The second-order valence-corrected chi connectivity index (χ2v) is 12.5. The van der Waals surface area contributed by atoms with Crippen LogP contribution in [0.15, 0.2) is 121 Å². The van der Waals surface area contributed by atoms with Crippen molar-refractivity contribution in [3.8, 4) is 22.4 Å². The van der Waals surface area contributed by atoms with E-state index in [2.05, 4.69) is 123 Å². The third kappa shape index (κ3) is 4.99. The molecule has 2 aliphatic rings. The van der Waals surface area contributed by atoms with Gasteiger partial charge in [-0.05, 0) is 59.1 Å². The Morgan fingerprint density at radius 1 is 0.900 bits per heavy atom. The van der Waals surface area contributed by atoms with Gasteiger partial charge in [0.2, 0.25) is 5.69 Å². The lowest BCUT2D eigenvalue weighted by Gasteiger charge is -2.33. The molecule has 40 heavy (non-hydrogen) atoms. The number of nitrogens with zero attached hydrogens (tertiary/aromatic N) is 2. The van der Waals surface area contributed by atoms with Crippen LogP contribution in [-0.4, -0.2) is 11.8 Å². The molecule has 4 aromatic rings. The zero-order valence-corrected chi connectivity index (χ0v) is 24.0. The van der Waals surface area contributed by atoms with Gasteiger partial charge in [0.25, 0.3) is 0 Å². The number of hydrogen-bond acceptors (Lipinski definition) is 1. The largest absolute Gasteiger partial charge is 0.276 e. The van der Waals surface area contributed by atoms with Crippen molar-refractivity contribution in [1.82, 2.24) is 0 Å². The van der Waals surface area contributed by atoms with Gasteiger partial charge < -0.3 is 0 Å². The van der Waals surface area contributed by atoms with Gasteiger partial charge in [-0.15, -0.1) is 0 Å². The summed E-state index contributed by atoms with van der Waals surface area (Å²) in [7, 11) is 0. The molecule has 2 aliphatic heterocycles. The first-order valence-corrected chi connectivity index (χ1v) is 14.5. The van der Waals surface area contributed by atoms with E-state index >= 15 is 0 Å². The van der Waals surface area contributed by atoms with Crippen LogP contribution < -0.4 is 4.57 Å². The minimum atomic E-state index is 0.0166. The SMILES string of the molecule is C=CC1=NC2C(=C)C[n+]3cc(-c4ccccc4)c(CC(C)(C)C)cc3-c3ccccc3CCC2c2ccccc21. The fourth-order valence-corrected chi connectivity index (χ4v) is 6.59. The molecule has 0 radical (unpaired) electrons. The Morgan fingerprint density at radius 2 is 1.60 bits per heavy atom. The van der Waals surface area contributed by atoms with Gasteiger partial charge in [-0.3, -0.25) is 4.99 Å². The maximum Gasteiger partial charge on any atom is 0.213 e. The van der Waals surface area contributed by atoms with Crippen molar-refractivity contribution >= 4 is 5.71 Å². The van der Waals surface area contributed by atoms with Gasteiger partial charge in [0, 0.05) is 34.2 Å². The lowest BCUT2D eigenvalue weighted by atomic mass is 9.77. The first kappa shape index (κ1) is 26.2. The predicted molar refractivity (Wildman–Crippen MR) is 168 cm³/mol. The van der Waals surface area contributed by atoms with Gasteiger partial charge in [-0.1, -0.05) is 107 Å². The molecule has 1 aromatic heterocycles. The van der Waals surface area contributed by atoms with Crippen LogP contribution in [0.1, 0.15) is 55.4 Å². The molecule has 3 aromatic carbocycles. The van der Waals surface area contributed by atoms with Crippen LogP contribution in [-0.2, 0) is 19.4 Å². The molecule has 0 aliphatic carbocycles. The van der Waals surface area contributed by atoms with Crippen LogP contribution in [0.5, 0.6) is 0 Å². The molecule has 0 saturated heterocycles. The Hall–Kier alpha value is -4.04. The summed E-state index contributed by atoms with van der Waals surface area (Å²) in [5.74, 6) is 0.288. The normalized spacial score (nSPS) is 18.5. The molecule has 0 fully saturated rings. The highest BCUT2D eigenvalue weighted by atomic mass is 15.0. The second-order valence-electron chi connectivity index (χ2n) is 12.5. The molecule has 0 saturated carbocycles. The van der Waals surface area contributed by atoms with E-state index in [4.69, 9.17) is 11.6 Å². The third-order valence-electron chi connectivity index (χ3n) is 8.36. The zero-order chi connectivity index (χ0) is 27.9. The van der Waals surface area contributed by atoms with E-state index in [-0.39, 0.29) is 17.4 Å². The molecule has 0 bridgehead atoms. The van der Waals surface area contributed by atoms with Crippen molar-refractivity contribution < 1.29 is 4.57 Å². The molecule has 6 rings (SSSR count). The number of aliphatic imine (C=N–C) groups is 1. The highest BCUT2D eigenvalue weighted by Gasteiger charge is 2.35. The number of fused-ring (bicyclic) bond motifs is 6. The summed E-state index contributed by atoms with van der Waals surface area (Å²) in [4.78, 5) is 5.28. The molecule has 2 unspecified atom stereocenters. The summed E-state index contributed by atoms with van der Waals surface area (Å²) in [5, 5.41) is 0. The highest BCUT2D eigenvalue weighted by molar-refractivity contribution is 6.10. The van der Waals surface area contributed by atoms with E-state index in [1.54, 1.807) is 0 Å². The number of benzene rings is 3. The first-order chi connectivity index (χ1) is 19.3. The van der Waals surface area contributed by atoms with Crippen LogP contribution in [0.25, 0.3) is 22.4 Å². The highest BCUT2D eigenvalue weighted by Crippen LogP contribution is 2.40. The van der Waals surface area contributed by atoms with E-state index in [9.17, 15) is 0 Å². The Kier molecular flexibility index (Phi) is 6.88. The maximum absolute atomic E-state index is 5.28. The monoisotopic (exact) mass is 523 g/mol. The summed E-state index contributed by atoms with van der Waals surface area (Å²) < 4.78 is 2.43. The minimum Gasteiger partial charge on any atom is -0.276 e. The van der Waals surface area contributed by atoms with Crippen LogP contribution >= 0.6 is 0 Å². The van der Waals surface area contributed by atoms with Crippen molar-refractivity contribution in [2.75, 3.05) is 0 Å². The molecule has 3 heterocycles. The predicted octanol–water partition coefficient (Wildman–Crippen LogP) is 8.54. The topological polar surface area (TPSA) is 16.2 Å². The number of aryl methyl sites for hydroxylation is 1. The lowest BCUT2D eigenvalue weighted by Crippen LogP contribution is -2.41. The van der Waals surface area contributed by atoms with Crippen LogP contribution in [0, 0.1) is 5.41 Å². The van der Waals surface area contributed by atoms with Gasteiger partial charge >= 0.3 is 0 Å². The molecule has 2 heteroatoms. The van der Waals surface area contributed by atoms with Crippen LogP contribution in [0.4, 0.5) is 0 Å². The molecule has 2 nitrogen and oxygen atoms in total. The molecule has 200 valence electrons. The smallest absolute Gasteiger partial charge is 0.213 e. The minimum absolute atomic E-state index is 0.0166. The first-order valence-electron chi connectivity index (χ1n) is 14.5. The number of aromatic nitrogens is 1. The molecule has 0 amide bonds. The van der Waals surface area contributed by atoms with Crippen molar-refractivity contribution in [2.24, 2.45) is 10.4 Å². The number of rotatable bonds is 3. The Morgan fingerprint density at radius 3 is 2.35 bits per heavy atom. The number of pyridine rings is 1. The summed E-state index contributed by atoms with van der Waals surface area (Å²) >= 11 is 0. The second kappa shape index (κ2) is 10.5. The van der Waals surface area contributed by atoms with Gasteiger partial charge in [0.05, 0.1) is 11.8 Å². The standard InChI is InChI=1S/C38H39N2/c1-6-35-32-19-13-12-18-31(32)33-21-20-28-16-10-11-17-30(28)36-22-29(23-38(3,4)5)34(27-14-8-7-9-15-27)25-40(36)24-26(2)37(33)39-35/h6-19,22,25,33,37H,1-2,20-21,23-24H2,3-5H3/q+1. The maximum atomic E-state index is 5.28. The fraction of sp³-hybridized carbons (Fsp3) is 0.263. The summed E-state index contributed by atoms with van der Waals surface area (Å²) in [6.45, 7) is 16.5. The van der Waals surface area contributed by atoms with Crippen LogP contribution in [0.2, 0.25) is 0 Å². The number of allylic oxidation sites excluding steroid dienone is 1. The van der Waals surface area contributed by atoms with E-state index in [0.717, 1.165) is 37.1 Å². The van der Waals surface area contributed by atoms with Gasteiger partial charge in [-0.2, -0.15) is 4.57 Å². The van der Waals surface area contributed by atoms with E-state index < -0.39 is 0 Å². The Balaban J connectivity index is 1.56. The van der Waals surface area contributed by atoms with E-state index in [1.807, 2.05) is 6.08 Å². The van der Waals surface area contributed by atoms with Gasteiger partial charge in [0.15, 0.2) is 12.7 Å². The van der Waals surface area contributed by atoms with Crippen molar-refractivity contribution in [2.45, 2.75) is 58.5 Å². The lowest BCUT2D eigenvalue weighted by molar-refractivity contribution is -0.678. The summed E-state index contributed by atoms with van der Waals surface area (Å²) in [6.07, 6.45) is 7.31. The fourth-order valence-electron chi connectivity index (χ4n) is 6.59. The quantitative estimate of drug-likeness (QED) is 0.189. The van der Waals surface area contributed by atoms with E-state index in [1.165, 1.54) is 44.6 Å². The van der Waals surface area contributed by atoms with Crippen molar-refractivity contribution in [3.05, 3.63) is 138 Å². The van der Waals surface area contributed by atoms with E-state index in [0.29, 0.717) is 0 Å². The molecule has 0 spiro atoms. The van der Waals surface area contributed by atoms with Crippen LogP contribution in [0.3, 0.4) is 0 Å². The van der Waals surface area contributed by atoms with Gasteiger partial charge in [-0.25, -0.2) is 0 Å². The van der Waals surface area contributed by atoms with Crippen molar-refractivity contribution in [1.29, 1.82) is 0 Å². The summed E-state index contributed by atoms with van der Waals surface area (Å²) in [5.41, 5.74) is 12.8.